The molecule has 1 atom stereocenters. The third-order valence-corrected chi connectivity index (χ3v) is 4.47. The number of hydrogen-bond donors (Lipinski definition) is 1. The van der Waals surface area contributed by atoms with Crippen molar-refractivity contribution in [2.45, 2.75) is 39.7 Å². The van der Waals surface area contributed by atoms with E-state index in [9.17, 15) is 4.79 Å². The van der Waals surface area contributed by atoms with E-state index < -0.39 is 0 Å². The SMILES string of the molecule is CCN(C(=O)c1cc(NCC2CCCO2)nc(C)n1)c1cccc(C)c1. The van der Waals surface area contributed by atoms with Crippen LogP contribution in [0.3, 0.4) is 0 Å². The van der Waals surface area contributed by atoms with Crippen molar-refractivity contribution in [3.05, 3.63) is 47.4 Å². The van der Waals surface area contributed by atoms with Gasteiger partial charge in [0.25, 0.3) is 5.91 Å². The van der Waals surface area contributed by atoms with E-state index in [0.717, 1.165) is 30.7 Å². The summed E-state index contributed by atoms with van der Waals surface area (Å²) in [4.78, 5) is 23.5. The zero-order chi connectivity index (χ0) is 18.5. The molecule has 1 fully saturated rings. The van der Waals surface area contributed by atoms with E-state index >= 15 is 0 Å². The Balaban J connectivity index is 1.79. The number of aryl methyl sites for hydroxylation is 2. The standard InChI is InChI=1S/C20H26N4O2/c1-4-24(16-8-5-7-14(2)11-16)20(25)18-12-19(23-15(3)22-18)21-13-17-9-6-10-26-17/h5,7-8,11-12,17H,4,6,9-10,13H2,1-3H3,(H,21,22,23). The number of amides is 1. The molecule has 138 valence electrons. The Morgan fingerprint density at radius 3 is 2.85 bits per heavy atom. The van der Waals surface area contributed by atoms with Crippen LogP contribution in [0.4, 0.5) is 11.5 Å². The molecule has 0 spiro atoms. The van der Waals surface area contributed by atoms with Crippen molar-refractivity contribution in [1.29, 1.82) is 0 Å². The van der Waals surface area contributed by atoms with Gasteiger partial charge >= 0.3 is 0 Å². The van der Waals surface area contributed by atoms with Gasteiger partial charge in [0.15, 0.2) is 0 Å². The number of ether oxygens (including phenoxy) is 1. The zero-order valence-corrected chi connectivity index (χ0v) is 15.7. The first-order chi connectivity index (χ1) is 12.6. The summed E-state index contributed by atoms with van der Waals surface area (Å²) in [5, 5.41) is 3.28. The number of benzene rings is 1. The fourth-order valence-corrected chi connectivity index (χ4v) is 3.17. The number of hydrogen-bond acceptors (Lipinski definition) is 5. The molecule has 2 aromatic rings. The minimum Gasteiger partial charge on any atom is -0.376 e. The summed E-state index contributed by atoms with van der Waals surface area (Å²) in [7, 11) is 0. The van der Waals surface area contributed by atoms with Gasteiger partial charge in [-0.2, -0.15) is 0 Å². The summed E-state index contributed by atoms with van der Waals surface area (Å²) >= 11 is 0. The largest absolute Gasteiger partial charge is 0.376 e. The number of nitrogens with one attached hydrogen (secondary N) is 1. The molecule has 6 nitrogen and oxygen atoms in total. The molecule has 0 radical (unpaired) electrons. The number of rotatable bonds is 6. The minimum absolute atomic E-state index is 0.122. The Hall–Kier alpha value is -2.47. The number of carbonyl (C=O) groups excluding carboxylic acids is 1. The van der Waals surface area contributed by atoms with Gasteiger partial charge in [0.05, 0.1) is 6.10 Å². The van der Waals surface area contributed by atoms with Crippen molar-refractivity contribution < 1.29 is 9.53 Å². The predicted molar refractivity (Wildman–Crippen MR) is 103 cm³/mol. The first kappa shape index (κ1) is 18.3. The average Bonchev–Trinajstić information content (AvgIpc) is 3.14. The van der Waals surface area contributed by atoms with E-state index in [1.807, 2.05) is 38.1 Å². The molecule has 0 aliphatic carbocycles. The molecular formula is C20H26N4O2. The van der Waals surface area contributed by atoms with E-state index in [2.05, 4.69) is 15.3 Å². The topological polar surface area (TPSA) is 67.4 Å². The Kier molecular flexibility index (Phi) is 5.83. The van der Waals surface area contributed by atoms with Crippen LogP contribution >= 0.6 is 0 Å². The van der Waals surface area contributed by atoms with Gasteiger partial charge in [-0.05, 0) is 51.3 Å². The molecule has 0 bridgehead atoms. The third-order valence-electron chi connectivity index (χ3n) is 4.47. The van der Waals surface area contributed by atoms with Gasteiger partial charge in [-0.1, -0.05) is 12.1 Å². The lowest BCUT2D eigenvalue weighted by Gasteiger charge is -2.21. The molecule has 26 heavy (non-hydrogen) atoms. The van der Waals surface area contributed by atoms with Crippen LogP contribution in [-0.2, 0) is 4.74 Å². The normalized spacial score (nSPS) is 16.5. The molecule has 0 saturated carbocycles. The molecule has 1 amide bonds. The van der Waals surface area contributed by atoms with Crippen molar-refractivity contribution in [3.63, 3.8) is 0 Å². The van der Waals surface area contributed by atoms with E-state index in [4.69, 9.17) is 4.74 Å². The zero-order valence-electron chi connectivity index (χ0n) is 15.7. The average molecular weight is 354 g/mol. The highest BCUT2D eigenvalue weighted by Crippen LogP contribution is 2.19. The molecule has 1 N–H and O–H groups in total. The summed E-state index contributed by atoms with van der Waals surface area (Å²) in [6.45, 7) is 7.87. The highest BCUT2D eigenvalue weighted by atomic mass is 16.5. The number of carbonyl (C=O) groups is 1. The summed E-state index contributed by atoms with van der Waals surface area (Å²) in [5.74, 6) is 1.12. The lowest BCUT2D eigenvalue weighted by Crippen LogP contribution is -2.31. The Labute approximate surface area is 154 Å². The molecule has 1 aromatic heterocycles. The maximum Gasteiger partial charge on any atom is 0.277 e. The van der Waals surface area contributed by atoms with Gasteiger partial charge in [0.2, 0.25) is 0 Å². The van der Waals surface area contributed by atoms with Crippen molar-refractivity contribution in [3.8, 4) is 0 Å². The van der Waals surface area contributed by atoms with Crippen LogP contribution in [0.2, 0.25) is 0 Å². The Bertz CT molecular complexity index is 772. The van der Waals surface area contributed by atoms with Crippen LogP contribution in [0.5, 0.6) is 0 Å². The smallest absolute Gasteiger partial charge is 0.277 e. The molecule has 6 heteroatoms. The number of aromatic nitrogens is 2. The molecule has 1 aromatic carbocycles. The van der Waals surface area contributed by atoms with Crippen LogP contribution in [0.15, 0.2) is 30.3 Å². The highest BCUT2D eigenvalue weighted by molar-refractivity contribution is 6.05. The quantitative estimate of drug-likeness (QED) is 0.862. The summed E-state index contributed by atoms with van der Waals surface area (Å²) in [6, 6.07) is 9.65. The van der Waals surface area contributed by atoms with Crippen molar-refractivity contribution in [1.82, 2.24) is 9.97 Å². The molecule has 1 saturated heterocycles. The summed E-state index contributed by atoms with van der Waals surface area (Å²) < 4.78 is 5.63. The van der Waals surface area contributed by atoms with Crippen LogP contribution in [-0.4, -0.2) is 41.7 Å². The van der Waals surface area contributed by atoms with E-state index in [1.54, 1.807) is 17.9 Å². The summed E-state index contributed by atoms with van der Waals surface area (Å²) in [5.41, 5.74) is 2.39. The van der Waals surface area contributed by atoms with Gasteiger partial charge in [-0.15, -0.1) is 0 Å². The van der Waals surface area contributed by atoms with Crippen molar-refractivity contribution in [2.24, 2.45) is 0 Å². The van der Waals surface area contributed by atoms with E-state index in [-0.39, 0.29) is 12.0 Å². The fraction of sp³-hybridized carbons (Fsp3) is 0.450. The van der Waals surface area contributed by atoms with Crippen LogP contribution < -0.4 is 10.2 Å². The van der Waals surface area contributed by atoms with Crippen molar-refractivity contribution >= 4 is 17.4 Å². The second-order valence-corrected chi connectivity index (χ2v) is 6.59. The maximum atomic E-state index is 13.0. The fourth-order valence-electron chi connectivity index (χ4n) is 3.17. The highest BCUT2D eigenvalue weighted by Gasteiger charge is 2.20. The lowest BCUT2D eigenvalue weighted by molar-refractivity contribution is 0.0983. The van der Waals surface area contributed by atoms with Gasteiger partial charge in [-0.3, -0.25) is 4.79 Å². The Morgan fingerprint density at radius 2 is 2.15 bits per heavy atom. The van der Waals surface area contributed by atoms with Gasteiger partial charge < -0.3 is 15.0 Å². The third kappa shape index (κ3) is 4.38. The van der Waals surface area contributed by atoms with Crippen LogP contribution in [0, 0.1) is 13.8 Å². The van der Waals surface area contributed by atoms with E-state index in [0.29, 0.717) is 30.4 Å². The second-order valence-electron chi connectivity index (χ2n) is 6.59. The van der Waals surface area contributed by atoms with E-state index in [1.165, 1.54) is 0 Å². The van der Waals surface area contributed by atoms with Crippen LogP contribution in [0.25, 0.3) is 0 Å². The molecule has 1 unspecified atom stereocenters. The number of nitrogens with zero attached hydrogens (tertiary/aromatic N) is 3. The van der Waals surface area contributed by atoms with Gasteiger partial charge in [-0.25, -0.2) is 9.97 Å². The van der Waals surface area contributed by atoms with Gasteiger partial charge in [0.1, 0.15) is 17.3 Å². The molecule has 1 aliphatic rings. The molecular weight excluding hydrogens is 328 g/mol. The Morgan fingerprint density at radius 1 is 1.31 bits per heavy atom. The maximum absolute atomic E-state index is 13.0. The van der Waals surface area contributed by atoms with Crippen LogP contribution in [0.1, 0.15) is 41.6 Å². The second kappa shape index (κ2) is 8.27. The molecule has 2 heterocycles. The first-order valence-corrected chi connectivity index (χ1v) is 9.16. The first-order valence-electron chi connectivity index (χ1n) is 9.16. The monoisotopic (exact) mass is 354 g/mol. The van der Waals surface area contributed by atoms with Crippen molar-refractivity contribution in [2.75, 3.05) is 29.9 Å². The lowest BCUT2D eigenvalue weighted by atomic mass is 10.2. The molecule has 1 aliphatic heterocycles. The number of anilines is 2. The predicted octanol–water partition coefficient (Wildman–Crippen LogP) is 3.35. The summed E-state index contributed by atoms with van der Waals surface area (Å²) in [6.07, 6.45) is 2.37. The molecule has 3 rings (SSSR count). The van der Waals surface area contributed by atoms with Gasteiger partial charge in [0, 0.05) is 31.5 Å². The minimum atomic E-state index is -0.122.